The van der Waals surface area contributed by atoms with Crippen molar-refractivity contribution in [3.05, 3.63) is 40.0 Å². The third-order valence-corrected chi connectivity index (χ3v) is 3.21. The molecule has 1 N–H and O–H groups in total. The molecule has 0 aliphatic carbocycles. The fourth-order valence-electron chi connectivity index (χ4n) is 1.83. The Bertz CT molecular complexity index is 509. The second-order valence-corrected chi connectivity index (χ2v) is 4.69. The monoisotopic (exact) mass is 278 g/mol. The van der Waals surface area contributed by atoms with Gasteiger partial charge in [0, 0.05) is 22.1 Å². The number of pyridine rings is 1. The van der Waals surface area contributed by atoms with E-state index >= 15 is 0 Å². The van der Waals surface area contributed by atoms with Crippen molar-refractivity contribution in [3.8, 4) is 0 Å². The highest BCUT2D eigenvalue weighted by atomic mass is 79.9. The molecule has 0 atom stereocenters. The molecule has 1 heterocycles. The van der Waals surface area contributed by atoms with Crippen LogP contribution in [0.5, 0.6) is 0 Å². The van der Waals surface area contributed by atoms with Crippen LogP contribution in [0.4, 0.5) is 0 Å². The SMILES string of the molecule is CCNCc1cc(C)nc2c(Br)cccc12. The number of halogens is 1. The molecule has 2 nitrogen and oxygen atoms in total. The number of hydrogen-bond acceptors (Lipinski definition) is 2. The van der Waals surface area contributed by atoms with Crippen LogP contribution in [0, 0.1) is 6.92 Å². The molecule has 0 unspecified atom stereocenters. The molecule has 2 rings (SSSR count). The van der Waals surface area contributed by atoms with Gasteiger partial charge in [-0.15, -0.1) is 0 Å². The Kier molecular flexibility index (Phi) is 3.56. The van der Waals surface area contributed by atoms with E-state index in [4.69, 9.17) is 0 Å². The van der Waals surface area contributed by atoms with Crippen molar-refractivity contribution in [1.82, 2.24) is 10.3 Å². The third-order valence-electron chi connectivity index (χ3n) is 2.57. The number of rotatable bonds is 3. The summed E-state index contributed by atoms with van der Waals surface area (Å²) < 4.78 is 1.06. The van der Waals surface area contributed by atoms with Crippen molar-refractivity contribution in [1.29, 1.82) is 0 Å². The van der Waals surface area contributed by atoms with Gasteiger partial charge in [0.05, 0.1) is 5.52 Å². The summed E-state index contributed by atoms with van der Waals surface area (Å²) in [6.45, 7) is 6.03. The highest BCUT2D eigenvalue weighted by Gasteiger charge is 2.05. The van der Waals surface area contributed by atoms with E-state index in [1.54, 1.807) is 0 Å². The molecule has 0 aliphatic heterocycles. The first-order valence-corrected chi connectivity index (χ1v) is 6.27. The van der Waals surface area contributed by atoms with Gasteiger partial charge in [-0.1, -0.05) is 19.1 Å². The summed E-state index contributed by atoms with van der Waals surface area (Å²) in [5, 5.41) is 4.58. The van der Waals surface area contributed by atoms with E-state index in [0.717, 1.165) is 28.8 Å². The zero-order chi connectivity index (χ0) is 11.5. The van der Waals surface area contributed by atoms with E-state index in [1.807, 2.05) is 13.0 Å². The smallest absolute Gasteiger partial charge is 0.0850 e. The van der Waals surface area contributed by atoms with E-state index in [9.17, 15) is 0 Å². The molecule has 1 aromatic carbocycles. The molecule has 16 heavy (non-hydrogen) atoms. The van der Waals surface area contributed by atoms with E-state index in [0.29, 0.717) is 0 Å². The number of aryl methyl sites for hydroxylation is 1. The summed E-state index contributed by atoms with van der Waals surface area (Å²) in [6.07, 6.45) is 0. The van der Waals surface area contributed by atoms with Crippen LogP contribution in [0.15, 0.2) is 28.7 Å². The van der Waals surface area contributed by atoms with Gasteiger partial charge < -0.3 is 5.32 Å². The van der Waals surface area contributed by atoms with Gasteiger partial charge in [-0.3, -0.25) is 4.98 Å². The standard InChI is InChI=1S/C13H15BrN2/c1-3-15-8-10-7-9(2)16-13-11(10)5-4-6-12(13)14/h4-7,15H,3,8H2,1-2H3. The first-order valence-electron chi connectivity index (χ1n) is 5.48. The van der Waals surface area contributed by atoms with Gasteiger partial charge in [0.15, 0.2) is 0 Å². The maximum atomic E-state index is 4.57. The van der Waals surface area contributed by atoms with Gasteiger partial charge in [0.2, 0.25) is 0 Å². The van der Waals surface area contributed by atoms with Crippen molar-refractivity contribution >= 4 is 26.8 Å². The van der Waals surface area contributed by atoms with Crippen molar-refractivity contribution in [2.75, 3.05) is 6.54 Å². The summed E-state index contributed by atoms with van der Waals surface area (Å²) in [4.78, 5) is 4.57. The molecular formula is C13H15BrN2. The molecular weight excluding hydrogens is 264 g/mol. The fraction of sp³-hybridized carbons (Fsp3) is 0.308. The highest BCUT2D eigenvalue weighted by molar-refractivity contribution is 9.10. The minimum atomic E-state index is 0.896. The predicted molar refractivity (Wildman–Crippen MR) is 71.6 cm³/mol. The zero-order valence-electron chi connectivity index (χ0n) is 9.55. The molecule has 0 saturated heterocycles. The van der Waals surface area contributed by atoms with Gasteiger partial charge in [-0.2, -0.15) is 0 Å². The summed E-state index contributed by atoms with van der Waals surface area (Å²) in [5.74, 6) is 0. The van der Waals surface area contributed by atoms with Crippen molar-refractivity contribution in [2.24, 2.45) is 0 Å². The second-order valence-electron chi connectivity index (χ2n) is 3.84. The van der Waals surface area contributed by atoms with E-state index in [2.05, 4.69) is 51.4 Å². The number of hydrogen-bond donors (Lipinski definition) is 1. The molecule has 0 amide bonds. The molecule has 84 valence electrons. The Morgan fingerprint density at radius 3 is 2.94 bits per heavy atom. The third kappa shape index (κ3) is 2.25. The van der Waals surface area contributed by atoms with Crippen molar-refractivity contribution in [3.63, 3.8) is 0 Å². The number of fused-ring (bicyclic) bond motifs is 1. The maximum absolute atomic E-state index is 4.57. The predicted octanol–water partition coefficient (Wildman–Crippen LogP) is 3.42. The number of nitrogens with one attached hydrogen (secondary N) is 1. The zero-order valence-corrected chi connectivity index (χ0v) is 11.1. The van der Waals surface area contributed by atoms with Gasteiger partial charge in [-0.05, 0) is 47.1 Å². The quantitative estimate of drug-likeness (QED) is 0.931. The molecule has 3 heteroatoms. The largest absolute Gasteiger partial charge is 0.313 e. The average molecular weight is 279 g/mol. The van der Waals surface area contributed by atoms with Gasteiger partial charge in [0.25, 0.3) is 0 Å². The molecule has 0 bridgehead atoms. The summed E-state index contributed by atoms with van der Waals surface area (Å²) in [7, 11) is 0. The summed E-state index contributed by atoms with van der Waals surface area (Å²) >= 11 is 3.55. The van der Waals surface area contributed by atoms with Crippen molar-refractivity contribution in [2.45, 2.75) is 20.4 Å². The summed E-state index contributed by atoms with van der Waals surface area (Å²) in [6, 6.07) is 8.36. The number of aromatic nitrogens is 1. The summed E-state index contributed by atoms with van der Waals surface area (Å²) in [5.41, 5.74) is 3.42. The maximum Gasteiger partial charge on any atom is 0.0850 e. The molecule has 2 aromatic rings. The Labute approximate surface area is 104 Å². The van der Waals surface area contributed by atoms with Crippen LogP contribution >= 0.6 is 15.9 Å². The number of benzene rings is 1. The molecule has 0 aliphatic rings. The minimum absolute atomic E-state index is 0.896. The highest BCUT2D eigenvalue weighted by Crippen LogP contribution is 2.25. The van der Waals surface area contributed by atoms with Crippen LogP contribution < -0.4 is 5.32 Å². The van der Waals surface area contributed by atoms with E-state index in [-0.39, 0.29) is 0 Å². The van der Waals surface area contributed by atoms with Gasteiger partial charge in [-0.25, -0.2) is 0 Å². The molecule has 0 saturated carbocycles. The average Bonchev–Trinajstić information content (AvgIpc) is 2.27. The Morgan fingerprint density at radius 1 is 1.38 bits per heavy atom. The van der Waals surface area contributed by atoms with Gasteiger partial charge >= 0.3 is 0 Å². The van der Waals surface area contributed by atoms with Crippen LogP contribution in [0.1, 0.15) is 18.2 Å². The minimum Gasteiger partial charge on any atom is -0.313 e. The molecule has 0 radical (unpaired) electrons. The van der Waals surface area contributed by atoms with Crippen LogP contribution in [0.25, 0.3) is 10.9 Å². The lowest BCUT2D eigenvalue weighted by Crippen LogP contribution is -2.12. The lowest BCUT2D eigenvalue weighted by Gasteiger charge is -2.09. The van der Waals surface area contributed by atoms with Gasteiger partial charge in [0.1, 0.15) is 0 Å². The normalized spacial score (nSPS) is 10.9. The van der Waals surface area contributed by atoms with Crippen molar-refractivity contribution < 1.29 is 0 Å². The lowest BCUT2D eigenvalue weighted by molar-refractivity contribution is 0.729. The van der Waals surface area contributed by atoms with Crippen LogP contribution in [-0.4, -0.2) is 11.5 Å². The van der Waals surface area contributed by atoms with Crippen LogP contribution in [-0.2, 0) is 6.54 Å². The molecule has 1 aromatic heterocycles. The Hall–Kier alpha value is -0.930. The lowest BCUT2D eigenvalue weighted by atomic mass is 10.1. The second kappa shape index (κ2) is 4.93. The van der Waals surface area contributed by atoms with Crippen LogP contribution in [0.2, 0.25) is 0 Å². The molecule has 0 fully saturated rings. The van der Waals surface area contributed by atoms with E-state index in [1.165, 1.54) is 10.9 Å². The fourth-order valence-corrected chi connectivity index (χ4v) is 2.29. The topological polar surface area (TPSA) is 24.9 Å². The Morgan fingerprint density at radius 2 is 2.19 bits per heavy atom. The first kappa shape index (κ1) is 11.6. The number of para-hydroxylation sites is 1. The Balaban J connectivity index is 2.59. The van der Waals surface area contributed by atoms with E-state index < -0.39 is 0 Å². The number of nitrogens with zero attached hydrogens (tertiary/aromatic N) is 1. The van der Waals surface area contributed by atoms with Crippen LogP contribution in [0.3, 0.4) is 0 Å². The molecule has 0 spiro atoms. The first-order chi connectivity index (χ1) is 7.72.